The fourth-order valence-electron chi connectivity index (χ4n) is 1.48. The Morgan fingerprint density at radius 3 is 2.56 bits per heavy atom. The Morgan fingerprint density at radius 1 is 1.31 bits per heavy atom. The van der Waals surface area contributed by atoms with E-state index in [2.05, 4.69) is 5.10 Å². The van der Waals surface area contributed by atoms with Crippen LogP contribution in [0.4, 0.5) is 0 Å². The molecule has 2 aromatic rings. The van der Waals surface area contributed by atoms with Gasteiger partial charge >= 0.3 is 0 Å². The Kier molecular flexibility index (Phi) is 2.73. The lowest BCUT2D eigenvalue weighted by Crippen LogP contribution is -1.93. The zero-order valence-electron chi connectivity index (χ0n) is 8.46. The lowest BCUT2D eigenvalue weighted by Gasteiger charge is -2.03. The number of aryl methyl sites for hydroxylation is 1. The molecule has 1 aromatic carbocycles. The highest BCUT2D eigenvalue weighted by Crippen LogP contribution is 2.28. The van der Waals surface area contributed by atoms with Gasteiger partial charge in [-0.25, -0.2) is 8.42 Å². The second kappa shape index (κ2) is 3.92. The standard InChI is InChI=1S/C10H9ClN2O2S/c1-13-7-8(6-12-13)9-4-2-3-5-10(9)16(11,14)15/h2-7H,1H3. The quantitative estimate of drug-likeness (QED) is 0.773. The molecule has 0 bridgehead atoms. The van der Waals surface area contributed by atoms with Gasteiger partial charge in [-0.3, -0.25) is 4.68 Å². The van der Waals surface area contributed by atoms with E-state index in [0.29, 0.717) is 5.56 Å². The van der Waals surface area contributed by atoms with Crippen LogP contribution in [0.3, 0.4) is 0 Å². The van der Waals surface area contributed by atoms with Crippen LogP contribution in [0.25, 0.3) is 11.1 Å². The van der Waals surface area contributed by atoms with E-state index in [0.717, 1.165) is 5.56 Å². The summed E-state index contributed by atoms with van der Waals surface area (Å²) in [5, 5.41) is 3.99. The predicted molar refractivity (Wildman–Crippen MR) is 61.7 cm³/mol. The minimum Gasteiger partial charge on any atom is -0.275 e. The summed E-state index contributed by atoms with van der Waals surface area (Å²) in [5.41, 5.74) is 1.29. The summed E-state index contributed by atoms with van der Waals surface area (Å²) in [6.45, 7) is 0. The second-order valence-corrected chi connectivity index (χ2v) is 5.87. The molecule has 6 heteroatoms. The molecule has 4 nitrogen and oxygen atoms in total. The first-order valence-corrected chi connectivity index (χ1v) is 6.82. The Bertz CT molecular complexity index is 619. The molecule has 0 atom stereocenters. The molecule has 0 fully saturated rings. The van der Waals surface area contributed by atoms with E-state index in [9.17, 15) is 8.42 Å². The van der Waals surface area contributed by atoms with Gasteiger partial charge in [-0.05, 0) is 6.07 Å². The summed E-state index contributed by atoms with van der Waals surface area (Å²) in [4.78, 5) is 0.102. The van der Waals surface area contributed by atoms with Crippen LogP contribution >= 0.6 is 10.7 Å². The van der Waals surface area contributed by atoms with Gasteiger partial charge in [0.05, 0.1) is 11.1 Å². The highest BCUT2D eigenvalue weighted by atomic mass is 35.7. The molecule has 1 aromatic heterocycles. The minimum atomic E-state index is -3.74. The zero-order valence-corrected chi connectivity index (χ0v) is 10.0. The Balaban J connectivity index is 2.66. The van der Waals surface area contributed by atoms with Gasteiger partial charge in [0.2, 0.25) is 0 Å². The van der Waals surface area contributed by atoms with Crippen molar-refractivity contribution in [3.63, 3.8) is 0 Å². The number of hydrogen-bond acceptors (Lipinski definition) is 3. The lowest BCUT2D eigenvalue weighted by atomic mass is 10.1. The van der Waals surface area contributed by atoms with Crippen LogP contribution in [0.2, 0.25) is 0 Å². The van der Waals surface area contributed by atoms with Crippen LogP contribution in [0.15, 0.2) is 41.6 Å². The summed E-state index contributed by atoms with van der Waals surface area (Å²) in [6, 6.07) is 6.57. The van der Waals surface area contributed by atoms with Crippen LogP contribution in [0, 0.1) is 0 Å². The third kappa shape index (κ3) is 2.10. The van der Waals surface area contributed by atoms with E-state index >= 15 is 0 Å². The first-order chi connectivity index (χ1) is 7.48. The molecule has 0 amide bonds. The largest absolute Gasteiger partial charge is 0.275 e. The molecule has 0 aliphatic carbocycles. The number of aromatic nitrogens is 2. The van der Waals surface area contributed by atoms with Crippen molar-refractivity contribution in [2.45, 2.75) is 4.90 Å². The molecule has 0 spiro atoms. The summed E-state index contributed by atoms with van der Waals surface area (Å²) >= 11 is 0. The molecule has 0 unspecified atom stereocenters. The molecular weight excluding hydrogens is 248 g/mol. The normalized spacial score (nSPS) is 11.6. The van der Waals surface area contributed by atoms with Gasteiger partial charge in [-0.15, -0.1) is 0 Å². The van der Waals surface area contributed by atoms with Gasteiger partial charge in [0.15, 0.2) is 0 Å². The number of nitrogens with zero attached hydrogens (tertiary/aromatic N) is 2. The van der Waals surface area contributed by atoms with Gasteiger partial charge in [0.25, 0.3) is 9.05 Å². The molecule has 16 heavy (non-hydrogen) atoms. The van der Waals surface area contributed by atoms with Crippen LogP contribution in [0.1, 0.15) is 0 Å². The molecule has 0 aliphatic rings. The van der Waals surface area contributed by atoms with Crippen molar-refractivity contribution in [3.05, 3.63) is 36.7 Å². The molecule has 0 saturated heterocycles. The summed E-state index contributed by atoms with van der Waals surface area (Å²) in [5.74, 6) is 0. The van der Waals surface area contributed by atoms with Gasteiger partial charge in [0.1, 0.15) is 0 Å². The SMILES string of the molecule is Cn1cc(-c2ccccc2S(=O)(=O)Cl)cn1. The highest BCUT2D eigenvalue weighted by Gasteiger charge is 2.16. The van der Waals surface area contributed by atoms with E-state index in [1.54, 1.807) is 42.3 Å². The van der Waals surface area contributed by atoms with Crippen molar-refractivity contribution >= 4 is 19.7 Å². The average molecular weight is 257 g/mol. The minimum absolute atomic E-state index is 0.102. The maximum atomic E-state index is 11.4. The van der Waals surface area contributed by atoms with Crippen molar-refractivity contribution in [2.75, 3.05) is 0 Å². The van der Waals surface area contributed by atoms with Crippen molar-refractivity contribution in [1.82, 2.24) is 9.78 Å². The summed E-state index contributed by atoms with van der Waals surface area (Å²) in [7, 11) is 3.39. The molecule has 0 radical (unpaired) electrons. The monoisotopic (exact) mass is 256 g/mol. The van der Waals surface area contributed by atoms with Crippen LogP contribution in [-0.4, -0.2) is 18.2 Å². The van der Waals surface area contributed by atoms with Crippen LogP contribution < -0.4 is 0 Å². The van der Waals surface area contributed by atoms with Crippen molar-refractivity contribution < 1.29 is 8.42 Å². The third-order valence-corrected chi connectivity index (χ3v) is 3.55. The fourth-order valence-corrected chi connectivity index (χ4v) is 2.57. The van der Waals surface area contributed by atoms with E-state index < -0.39 is 9.05 Å². The molecular formula is C10H9ClN2O2S. The van der Waals surface area contributed by atoms with E-state index in [1.165, 1.54) is 6.07 Å². The Hall–Kier alpha value is -1.33. The van der Waals surface area contributed by atoms with Gasteiger partial charge < -0.3 is 0 Å². The molecule has 0 aliphatic heterocycles. The maximum absolute atomic E-state index is 11.4. The third-order valence-electron chi connectivity index (χ3n) is 2.17. The van der Waals surface area contributed by atoms with Crippen LogP contribution in [0.5, 0.6) is 0 Å². The number of hydrogen-bond donors (Lipinski definition) is 0. The van der Waals surface area contributed by atoms with Crippen molar-refractivity contribution in [3.8, 4) is 11.1 Å². The Labute approximate surface area is 97.9 Å². The lowest BCUT2D eigenvalue weighted by molar-refractivity contribution is 0.610. The number of halogens is 1. The van der Waals surface area contributed by atoms with Crippen molar-refractivity contribution in [2.24, 2.45) is 7.05 Å². The first-order valence-electron chi connectivity index (χ1n) is 4.51. The highest BCUT2D eigenvalue weighted by molar-refractivity contribution is 8.13. The van der Waals surface area contributed by atoms with Gasteiger partial charge in [-0.1, -0.05) is 18.2 Å². The smallest absolute Gasteiger partial charge is 0.261 e. The molecule has 0 saturated carbocycles. The fraction of sp³-hybridized carbons (Fsp3) is 0.100. The van der Waals surface area contributed by atoms with Gasteiger partial charge in [-0.2, -0.15) is 5.10 Å². The number of benzene rings is 1. The van der Waals surface area contributed by atoms with E-state index in [1.807, 2.05) is 0 Å². The first kappa shape index (κ1) is 11.2. The van der Waals surface area contributed by atoms with E-state index in [-0.39, 0.29) is 4.90 Å². The molecule has 0 N–H and O–H groups in total. The topological polar surface area (TPSA) is 52.0 Å². The molecule has 1 heterocycles. The molecule has 84 valence electrons. The van der Waals surface area contributed by atoms with Crippen LogP contribution in [-0.2, 0) is 16.1 Å². The van der Waals surface area contributed by atoms with Crippen molar-refractivity contribution in [1.29, 1.82) is 0 Å². The van der Waals surface area contributed by atoms with E-state index in [4.69, 9.17) is 10.7 Å². The molecule has 2 rings (SSSR count). The maximum Gasteiger partial charge on any atom is 0.261 e. The van der Waals surface area contributed by atoms with Gasteiger partial charge in [0, 0.05) is 35.1 Å². The zero-order chi connectivity index (χ0) is 11.8. The predicted octanol–water partition coefficient (Wildman–Crippen LogP) is 2.01. The number of rotatable bonds is 2. The average Bonchev–Trinajstić information content (AvgIpc) is 2.64. The second-order valence-electron chi connectivity index (χ2n) is 3.34. The summed E-state index contributed by atoms with van der Waals surface area (Å²) < 4.78 is 24.3. The summed E-state index contributed by atoms with van der Waals surface area (Å²) in [6.07, 6.45) is 3.34. The Morgan fingerprint density at radius 2 is 2.00 bits per heavy atom.